The summed E-state index contributed by atoms with van der Waals surface area (Å²) in [6.07, 6.45) is 1.41. The summed E-state index contributed by atoms with van der Waals surface area (Å²) >= 11 is 1.59. The highest BCUT2D eigenvalue weighted by molar-refractivity contribution is 7.07. The second-order valence-electron chi connectivity index (χ2n) is 4.41. The summed E-state index contributed by atoms with van der Waals surface area (Å²) in [4.78, 5) is 24.4. The van der Waals surface area contributed by atoms with Gasteiger partial charge in [-0.05, 0) is 35.2 Å². The van der Waals surface area contributed by atoms with Gasteiger partial charge in [0.1, 0.15) is 0 Å². The van der Waals surface area contributed by atoms with Crippen LogP contribution in [-0.2, 0) is 11.3 Å². The number of amides is 2. The van der Waals surface area contributed by atoms with Crippen molar-refractivity contribution < 1.29 is 14.7 Å². The number of piperidine rings is 1. The molecule has 2 heterocycles. The molecular weight excluding hydrogens is 252 g/mol. The maximum atomic E-state index is 11.9. The summed E-state index contributed by atoms with van der Waals surface area (Å²) in [6.45, 7) is 1.45. The Labute approximate surface area is 109 Å². The fourth-order valence-corrected chi connectivity index (χ4v) is 2.71. The highest BCUT2D eigenvalue weighted by atomic mass is 32.1. The largest absolute Gasteiger partial charge is 0.481 e. The predicted octanol–water partition coefficient (Wildman–Crippen LogP) is 1.75. The standard InChI is InChI=1S/C12H16N2O3S/c15-11(16)10-2-1-4-14(7-10)12(17)13-6-9-3-5-18-8-9/h3,5,8,10H,1-2,4,6-7H2,(H,13,17)(H,15,16)/t10-/m0/s1. The molecule has 0 radical (unpaired) electrons. The van der Waals surface area contributed by atoms with Crippen LogP contribution in [0.1, 0.15) is 18.4 Å². The molecule has 1 saturated heterocycles. The van der Waals surface area contributed by atoms with Crippen molar-refractivity contribution in [1.29, 1.82) is 0 Å². The Bertz CT molecular complexity index is 419. The first-order valence-electron chi connectivity index (χ1n) is 5.93. The Morgan fingerprint density at radius 1 is 1.56 bits per heavy atom. The van der Waals surface area contributed by atoms with E-state index in [0.717, 1.165) is 12.0 Å². The normalized spacial score (nSPS) is 19.6. The van der Waals surface area contributed by atoms with Gasteiger partial charge in [-0.3, -0.25) is 4.79 Å². The molecule has 2 rings (SSSR count). The SMILES string of the molecule is O=C(O)[C@H]1CCCN(C(=O)NCc2ccsc2)C1. The lowest BCUT2D eigenvalue weighted by atomic mass is 9.99. The number of hydrogen-bond donors (Lipinski definition) is 2. The van der Waals surface area contributed by atoms with E-state index in [1.54, 1.807) is 16.2 Å². The van der Waals surface area contributed by atoms with E-state index in [2.05, 4.69) is 5.32 Å². The van der Waals surface area contributed by atoms with Crippen molar-refractivity contribution in [2.24, 2.45) is 5.92 Å². The van der Waals surface area contributed by atoms with Gasteiger partial charge in [-0.1, -0.05) is 0 Å². The minimum atomic E-state index is -0.815. The fraction of sp³-hybridized carbons (Fsp3) is 0.500. The van der Waals surface area contributed by atoms with E-state index in [1.807, 2.05) is 16.8 Å². The minimum absolute atomic E-state index is 0.174. The molecular formula is C12H16N2O3S. The number of likely N-dealkylation sites (tertiary alicyclic amines) is 1. The van der Waals surface area contributed by atoms with Crippen LogP contribution in [0.4, 0.5) is 4.79 Å². The van der Waals surface area contributed by atoms with Crippen molar-refractivity contribution in [3.63, 3.8) is 0 Å². The zero-order valence-electron chi connectivity index (χ0n) is 9.96. The summed E-state index contributed by atoms with van der Waals surface area (Å²) < 4.78 is 0. The van der Waals surface area contributed by atoms with Gasteiger partial charge in [-0.15, -0.1) is 0 Å². The first-order chi connectivity index (χ1) is 8.66. The lowest BCUT2D eigenvalue weighted by Crippen LogP contribution is -2.46. The quantitative estimate of drug-likeness (QED) is 0.877. The second-order valence-corrected chi connectivity index (χ2v) is 5.19. The summed E-state index contributed by atoms with van der Waals surface area (Å²) in [6, 6.07) is 1.79. The fourth-order valence-electron chi connectivity index (χ4n) is 2.05. The number of urea groups is 1. The van der Waals surface area contributed by atoms with Gasteiger partial charge < -0.3 is 15.3 Å². The number of carboxylic acid groups (broad SMARTS) is 1. The van der Waals surface area contributed by atoms with Crippen molar-refractivity contribution in [2.45, 2.75) is 19.4 Å². The first kappa shape index (κ1) is 12.9. The number of carboxylic acids is 1. The monoisotopic (exact) mass is 268 g/mol. The number of rotatable bonds is 3. The van der Waals surface area contributed by atoms with Gasteiger partial charge in [0, 0.05) is 19.6 Å². The predicted molar refractivity (Wildman–Crippen MR) is 68.5 cm³/mol. The summed E-state index contributed by atoms with van der Waals surface area (Å²) in [5.41, 5.74) is 1.07. The maximum absolute atomic E-state index is 11.9. The molecule has 1 aliphatic heterocycles. The molecule has 0 saturated carbocycles. The molecule has 98 valence electrons. The Balaban J connectivity index is 1.83. The minimum Gasteiger partial charge on any atom is -0.481 e. The smallest absolute Gasteiger partial charge is 0.317 e. The maximum Gasteiger partial charge on any atom is 0.317 e. The molecule has 5 nitrogen and oxygen atoms in total. The molecule has 2 N–H and O–H groups in total. The highest BCUT2D eigenvalue weighted by Crippen LogP contribution is 2.16. The number of hydrogen-bond acceptors (Lipinski definition) is 3. The molecule has 1 fully saturated rings. The number of thiophene rings is 1. The van der Waals surface area contributed by atoms with E-state index in [0.29, 0.717) is 26.1 Å². The molecule has 1 aliphatic rings. The zero-order valence-corrected chi connectivity index (χ0v) is 10.8. The molecule has 6 heteroatoms. The van der Waals surface area contributed by atoms with Gasteiger partial charge in [-0.25, -0.2) is 4.79 Å². The third-order valence-corrected chi connectivity index (χ3v) is 3.81. The molecule has 1 aromatic rings. The topological polar surface area (TPSA) is 69.6 Å². The van der Waals surface area contributed by atoms with Crippen LogP contribution in [0.15, 0.2) is 16.8 Å². The summed E-state index contributed by atoms with van der Waals surface area (Å²) in [7, 11) is 0. The van der Waals surface area contributed by atoms with E-state index in [4.69, 9.17) is 5.11 Å². The molecule has 0 aromatic carbocycles. The van der Waals surface area contributed by atoms with Crippen LogP contribution in [0, 0.1) is 5.92 Å². The van der Waals surface area contributed by atoms with Crippen LogP contribution >= 0.6 is 11.3 Å². The average Bonchev–Trinajstić information content (AvgIpc) is 2.89. The van der Waals surface area contributed by atoms with Gasteiger partial charge in [0.05, 0.1) is 5.92 Å². The molecule has 0 spiro atoms. The highest BCUT2D eigenvalue weighted by Gasteiger charge is 2.27. The summed E-state index contributed by atoms with van der Waals surface area (Å²) in [5, 5.41) is 15.7. The van der Waals surface area contributed by atoms with E-state index in [1.165, 1.54) is 0 Å². The summed E-state index contributed by atoms with van der Waals surface area (Å²) in [5.74, 6) is -1.24. The van der Waals surface area contributed by atoms with E-state index >= 15 is 0 Å². The van der Waals surface area contributed by atoms with Crippen LogP contribution in [0.3, 0.4) is 0 Å². The van der Waals surface area contributed by atoms with Gasteiger partial charge >= 0.3 is 12.0 Å². The van der Waals surface area contributed by atoms with E-state index in [-0.39, 0.29) is 6.03 Å². The molecule has 0 bridgehead atoms. The Kier molecular flexibility index (Phi) is 4.19. The van der Waals surface area contributed by atoms with Crippen LogP contribution in [0.5, 0.6) is 0 Å². The van der Waals surface area contributed by atoms with Crippen LogP contribution < -0.4 is 5.32 Å². The first-order valence-corrected chi connectivity index (χ1v) is 6.88. The molecule has 0 aliphatic carbocycles. The average molecular weight is 268 g/mol. The third kappa shape index (κ3) is 3.22. The number of carbonyl (C=O) groups excluding carboxylic acids is 1. The molecule has 0 unspecified atom stereocenters. The zero-order chi connectivity index (χ0) is 13.0. The van der Waals surface area contributed by atoms with Crippen molar-refractivity contribution in [2.75, 3.05) is 13.1 Å². The second kappa shape index (κ2) is 5.86. The Hall–Kier alpha value is -1.56. The number of nitrogens with zero attached hydrogens (tertiary/aromatic N) is 1. The number of aliphatic carboxylic acids is 1. The van der Waals surface area contributed by atoms with Crippen molar-refractivity contribution in [3.05, 3.63) is 22.4 Å². The van der Waals surface area contributed by atoms with Crippen molar-refractivity contribution in [1.82, 2.24) is 10.2 Å². The molecule has 18 heavy (non-hydrogen) atoms. The molecule has 1 aromatic heterocycles. The lowest BCUT2D eigenvalue weighted by Gasteiger charge is -2.30. The van der Waals surface area contributed by atoms with Crippen LogP contribution in [0.25, 0.3) is 0 Å². The lowest BCUT2D eigenvalue weighted by molar-refractivity contribution is -0.143. The van der Waals surface area contributed by atoms with E-state index in [9.17, 15) is 9.59 Å². The molecule has 2 amide bonds. The third-order valence-electron chi connectivity index (χ3n) is 3.08. The van der Waals surface area contributed by atoms with Gasteiger partial charge in [0.2, 0.25) is 0 Å². The number of carbonyl (C=O) groups is 2. The van der Waals surface area contributed by atoms with Crippen molar-refractivity contribution >= 4 is 23.3 Å². The van der Waals surface area contributed by atoms with Gasteiger partial charge in [0.25, 0.3) is 0 Å². The van der Waals surface area contributed by atoms with Gasteiger partial charge in [0.15, 0.2) is 0 Å². The molecule has 1 atom stereocenters. The van der Waals surface area contributed by atoms with Crippen LogP contribution in [-0.4, -0.2) is 35.1 Å². The Morgan fingerprint density at radius 3 is 3.06 bits per heavy atom. The van der Waals surface area contributed by atoms with Gasteiger partial charge in [-0.2, -0.15) is 11.3 Å². The Morgan fingerprint density at radius 2 is 2.39 bits per heavy atom. The van der Waals surface area contributed by atoms with Crippen LogP contribution in [0.2, 0.25) is 0 Å². The van der Waals surface area contributed by atoms with Crippen molar-refractivity contribution in [3.8, 4) is 0 Å². The number of nitrogens with one attached hydrogen (secondary N) is 1. The van der Waals surface area contributed by atoms with E-state index < -0.39 is 11.9 Å².